The Balaban J connectivity index is 1.95. The zero-order chi connectivity index (χ0) is 18.8. The van der Waals surface area contributed by atoms with Gasteiger partial charge in [-0.1, -0.05) is 25.1 Å². The van der Waals surface area contributed by atoms with E-state index in [4.69, 9.17) is 0 Å². The van der Waals surface area contributed by atoms with Crippen molar-refractivity contribution in [3.63, 3.8) is 0 Å². The van der Waals surface area contributed by atoms with Crippen molar-refractivity contribution >= 4 is 28.7 Å². The summed E-state index contributed by atoms with van der Waals surface area (Å²) in [5.41, 5.74) is 9.10. The normalized spacial score (nSPS) is 11.3. The second-order valence-electron chi connectivity index (χ2n) is 6.21. The van der Waals surface area contributed by atoms with Gasteiger partial charge in [0.05, 0.1) is 22.8 Å². The van der Waals surface area contributed by atoms with Crippen LogP contribution in [0.25, 0.3) is 16.7 Å². The van der Waals surface area contributed by atoms with Gasteiger partial charge in [0.25, 0.3) is 0 Å². The van der Waals surface area contributed by atoms with E-state index in [0.29, 0.717) is 11.2 Å². The Hall–Kier alpha value is -3.72. The van der Waals surface area contributed by atoms with E-state index in [1.165, 1.54) is 0 Å². The summed E-state index contributed by atoms with van der Waals surface area (Å²) in [6.45, 7) is 4.04. The van der Waals surface area contributed by atoms with Crippen LogP contribution in [0.3, 0.4) is 0 Å². The van der Waals surface area contributed by atoms with Gasteiger partial charge in [0.2, 0.25) is 0 Å². The highest BCUT2D eigenvalue weighted by Crippen LogP contribution is 2.31. The molecule has 4 aromatic rings. The van der Waals surface area contributed by atoms with Crippen LogP contribution in [0.15, 0.2) is 53.9 Å². The van der Waals surface area contributed by atoms with Crippen LogP contribution in [0.5, 0.6) is 0 Å². The van der Waals surface area contributed by atoms with E-state index in [0.717, 1.165) is 40.0 Å². The van der Waals surface area contributed by atoms with Crippen molar-refractivity contribution in [2.75, 3.05) is 5.43 Å². The average molecular weight is 354 g/mol. The Bertz CT molecular complexity index is 1200. The predicted molar refractivity (Wildman–Crippen MR) is 107 cm³/mol. The van der Waals surface area contributed by atoms with E-state index in [1.807, 2.05) is 47.7 Å². The Kier molecular flexibility index (Phi) is 4.27. The van der Waals surface area contributed by atoms with Gasteiger partial charge in [0, 0.05) is 18.0 Å². The first-order valence-electron chi connectivity index (χ1n) is 8.76. The van der Waals surface area contributed by atoms with Crippen molar-refractivity contribution in [2.24, 2.45) is 5.10 Å². The summed E-state index contributed by atoms with van der Waals surface area (Å²) < 4.78 is 1.99. The lowest BCUT2D eigenvalue weighted by atomic mass is 10.0. The number of pyridine rings is 2. The topological polar surface area (TPSA) is 78.4 Å². The van der Waals surface area contributed by atoms with E-state index in [9.17, 15) is 5.26 Å². The van der Waals surface area contributed by atoms with Crippen LogP contribution in [-0.2, 0) is 6.42 Å². The van der Waals surface area contributed by atoms with Gasteiger partial charge in [-0.15, -0.1) is 0 Å². The number of hydrogen-bond donors (Lipinski definition) is 1. The molecule has 0 spiro atoms. The van der Waals surface area contributed by atoms with Crippen LogP contribution in [0.4, 0.5) is 5.82 Å². The van der Waals surface area contributed by atoms with Gasteiger partial charge in [0.15, 0.2) is 5.65 Å². The molecule has 1 aromatic carbocycles. The third-order valence-corrected chi connectivity index (χ3v) is 4.66. The molecule has 0 aliphatic rings. The number of imidazole rings is 1. The summed E-state index contributed by atoms with van der Waals surface area (Å²) in [4.78, 5) is 8.78. The maximum Gasteiger partial charge on any atom is 0.157 e. The van der Waals surface area contributed by atoms with E-state index in [1.54, 1.807) is 18.6 Å². The zero-order valence-electron chi connectivity index (χ0n) is 15.1. The highest BCUT2D eigenvalue weighted by molar-refractivity contribution is 5.86. The fourth-order valence-electron chi connectivity index (χ4n) is 3.36. The fraction of sp³-hybridized carbons (Fsp3) is 0.143. The summed E-state index contributed by atoms with van der Waals surface area (Å²) >= 11 is 0. The summed E-state index contributed by atoms with van der Waals surface area (Å²) in [5.74, 6) is 0.831. The molecule has 0 radical (unpaired) electrons. The molecule has 6 heteroatoms. The molecule has 0 unspecified atom stereocenters. The Morgan fingerprint density at radius 3 is 2.85 bits per heavy atom. The minimum absolute atomic E-state index is 0.602. The molecule has 132 valence electrons. The van der Waals surface area contributed by atoms with E-state index < -0.39 is 0 Å². The fourth-order valence-corrected chi connectivity index (χ4v) is 3.36. The number of hydrogen-bond acceptors (Lipinski definition) is 5. The molecule has 0 aliphatic carbocycles. The molecule has 0 bridgehead atoms. The first kappa shape index (κ1) is 16.7. The lowest BCUT2D eigenvalue weighted by Gasteiger charge is -2.15. The third kappa shape index (κ3) is 2.79. The molecule has 0 saturated heterocycles. The van der Waals surface area contributed by atoms with Gasteiger partial charge in [0.1, 0.15) is 11.9 Å². The number of aromatic nitrogens is 3. The minimum Gasteiger partial charge on any atom is -0.276 e. The lowest BCUT2D eigenvalue weighted by Crippen LogP contribution is -2.07. The second kappa shape index (κ2) is 6.89. The highest BCUT2D eigenvalue weighted by atomic mass is 15.3. The van der Waals surface area contributed by atoms with Crippen molar-refractivity contribution in [3.8, 4) is 6.07 Å². The monoisotopic (exact) mass is 354 g/mol. The molecule has 0 aliphatic heterocycles. The third-order valence-electron chi connectivity index (χ3n) is 4.66. The molecule has 4 rings (SSSR count). The van der Waals surface area contributed by atoms with Crippen molar-refractivity contribution in [1.29, 1.82) is 5.26 Å². The number of nitriles is 1. The molecular weight excluding hydrogens is 336 g/mol. The first-order chi connectivity index (χ1) is 13.2. The predicted octanol–water partition coefficient (Wildman–Crippen LogP) is 4.07. The van der Waals surface area contributed by atoms with Crippen LogP contribution in [0.2, 0.25) is 0 Å². The van der Waals surface area contributed by atoms with Gasteiger partial charge in [-0.25, -0.2) is 4.98 Å². The van der Waals surface area contributed by atoms with Gasteiger partial charge in [-0.05, 0) is 42.7 Å². The van der Waals surface area contributed by atoms with Crippen LogP contribution >= 0.6 is 0 Å². The summed E-state index contributed by atoms with van der Waals surface area (Å²) in [6.07, 6.45) is 5.97. The molecule has 27 heavy (non-hydrogen) atoms. The standard InChI is InChI=1S/C21H18N6/c1-3-16-14(2)17(11-22)20-25-18-8-4-5-9-19(18)27(20)21(16)26-24-13-15-7-6-10-23-12-15/h4-10,12-13,26H,3H2,1-2H3. The Morgan fingerprint density at radius 1 is 1.26 bits per heavy atom. The van der Waals surface area contributed by atoms with Gasteiger partial charge in [-0.3, -0.25) is 14.8 Å². The summed E-state index contributed by atoms with van der Waals surface area (Å²) in [6, 6.07) is 14.0. The number of nitrogens with zero attached hydrogens (tertiary/aromatic N) is 5. The maximum absolute atomic E-state index is 9.72. The van der Waals surface area contributed by atoms with Crippen molar-refractivity contribution < 1.29 is 0 Å². The Labute approximate surface area is 156 Å². The number of rotatable bonds is 4. The molecule has 0 fully saturated rings. The minimum atomic E-state index is 0.602. The van der Waals surface area contributed by atoms with Gasteiger partial charge in [-0.2, -0.15) is 10.4 Å². The largest absolute Gasteiger partial charge is 0.276 e. The summed E-state index contributed by atoms with van der Waals surface area (Å²) in [7, 11) is 0. The average Bonchev–Trinajstić information content (AvgIpc) is 3.08. The second-order valence-corrected chi connectivity index (χ2v) is 6.21. The van der Waals surface area contributed by atoms with Gasteiger partial charge < -0.3 is 0 Å². The van der Waals surface area contributed by atoms with E-state index in [-0.39, 0.29) is 0 Å². The van der Waals surface area contributed by atoms with Crippen molar-refractivity contribution in [2.45, 2.75) is 20.3 Å². The molecule has 6 nitrogen and oxygen atoms in total. The number of hydrazone groups is 1. The van der Waals surface area contributed by atoms with Crippen LogP contribution in [0.1, 0.15) is 29.2 Å². The molecule has 0 amide bonds. The summed E-state index contributed by atoms with van der Waals surface area (Å²) in [5, 5.41) is 14.1. The van der Waals surface area contributed by atoms with Gasteiger partial charge >= 0.3 is 0 Å². The smallest absolute Gasteiger partial charge is 0.157 e. The highest BCUT2D eigenvalue weighted by Gasteiger charge is 2.19. The number of anilines is 1. The molecule has 0 atom stereocenters. The first-order valence-corrected chi connectivity index (χ1v) is 8.76. The number of benzene rings is 1. The molecule has 1 N–H and O–H groups in total. The van der Waals surface area contributed by atoms with Crippen molar-refractivity contribution in [1.82, 2.24) is 14.4 Å². The SMILES string of the molecule is CCc1c(C)c(C#N)c2nc3ccccc3n2c1NN=Cc1cccnc1. The van der Waals surface area contributed by atoms with Crippen LogP contribution in [0, 0.1) is 18.3 Å². The quantitative estimate of drug-likeness (QED) is 0.442. The van der Waals surface area contributed by atoms with Crippen LogP contribution in [-0.4, -0.2) is 20.6 Å². The zero-order valence-corrected chi connectivity index (χ0v) is 15.1. The Morgan fingerprint density at radius 2 is 2.11 bits per heavy atom. The van der Waals surface area contributed by atoms with E-state index in [2.05, 4.69) is 33.5 Å². The number of para-hydroxylation sites is 2. The number of nitrogens with one attached hydrogen (secondary N) is 1. The van der Waals surface area contributed by atoms with Crippen molar-refractivity contribution in [3.05, 3.63) is 71.0 Å². The lowest BCUT2D eigenvalue weighted by molar-refractivity contribution is 1.04. The number of fused-ring (bicyclic) bond motifs is 3. The molecule has 3 aromatic heterocycles. The molecule has 3 heterocycles. The van der Waals surface area contributed by atoms with E-state index >= 15 is 0 Å². The maximum atomic E-state index is 9.72. The van der Waals surface area contributed by atoms with Crippen LogP contribution < -0.4 is 5.43 Å². The molecular formula is C21H18N6. The molecule has 0 saturated carbocycles.